The van der Waals surface area contributed by atoms with Crippen LogP contribution in [0.5, 0.6) is 23.0 Å². The normalized spacial score (nSPS) is 11.2. The number of thiophene rings is 1. The van der Waals surface area contributed by atoms with Crippen molar-refractivity contribution in [2.75, 3.05) is 0 Å². The summed E-state index contributed by atoms with van der Waals surface area (Å²) in [7, 11) is 0. The second kappa shape index (κ2) is 4.06. The lowest BCUT2D eigenvalue weighted by Gasteiger charge is -2.04. The van der Waals surface area contributed by atoms with Crippen LogP contribution >= 0.6 is 34.3 Å². The Morgan fingerprint density at radius 2 is 1.83 bits per heavy atom. The first-order chi connectivity index (χ1) is 8.63. The molecule has 0 aliphatic carbocycles. The van der Waals surface area contributed by atoms with Crippen molar-refractivity contribution in [1.29, 1.82) is 0 Å². The van der Waals surface area contributed by atoms with E-state index in [0.717, 1.165) is 4.70 Å². The maximum absolute atomic E-state index is 9.98. The zero-order valence-electron chi connectivity index (χ0n) is 8.85. The fraction of sp³-hybridized carbons (Fsp3) is 0. The molecule has 1 aromatic heterocycles. The summed E-state index contributed by atoms with van der Waals surface area (Å²) in [5.41, 5.74) is 0. The van der Waals surface area contributed by atoms with Crippen molar-refractivity contribution in [3.8, 4) is 23.0 Å². The van der Waals surface area contributed by atoms with Crippen molar-refractivity contribution in [2.24, 2.45) is 0 Å². The molecule has 3 N–H and O–H groups in total. The molecule has 3 rings (SSSR count). The topological polar surface area (TPSA) is 69.9 Å². The highest BCUT2D eigenvalue weighted by Crippen LogP contribution is 2.50. The summed E-state index contributed by atoms with van der Waals surface area (Å²) in [6.07, 6.45) is 0. The molecule has 18 heavy (non-hydrogen) atoms. The monoisotopic (exact) mass is 374 g/mol. The number of rotatable bonds is 1. The average Bonchev–Trinajstić information content (AvgIpc) is 2.74. The van der Waals surface area contributed by atoms with Crippen molar-refractivity contribution in [2.45, 2.75) is 0 Å². The number of hydrogen-bond acceptors (Lipinski definition) is 5. The van der Waals surface area contributed by atoms with Gasteiger partial charge in [0, 0.05) is 16.2 Å². The summed E-state index contributed by atoms with van der Waals surface area (Å²) in [6, 6.07) is 6.47. The third-order valence-corrected chi connectivity index (χ3v) is 4.39. The molecular formula is C12H7IO4S. The molecule has 3 aromatic rings. The smallest absolute Gasteiger partial charge is 0.192 e. The van der Waals surface area contributed by atoms with Crippen LogP contribution in [0.1, 0.15) is 0 Å². The summed E-state index contributed by atoms with van der Waals surface area (Å²) in [5.74, 6) is 0.0210. The molecule has 0 unspecified atom stereocenters. The summed E-state index contributed by atoms with van der Waals surface area (Å²) < 4.78 is 6.67. The van der Waals surface area contributed by atoms with E-state index in [0.29, 0.717) is 21.2 Å². The van der Waals surface area contributed by atoms with Crippen LogP contribution in [-0.4, -0.2) is 15.3 Å². The fourth-order valence-electron chi connectivity index (χ4n) is 1.97. The van der Waals surface area contributed by atoms with Gasteiger partial charge in [-0.3, -0.25) is 0 Å². The van der Waals surface area contributed by atoms with E-state index < -0.39 is 0 Å². The Labute approximate surface area is 120 Å². The van der Waals surface area contributed by atoms with Gasteiger partial charge in [-0.2, -0.15) is 0 Å². The molecule has 0 aliphatic heterocycles. The second-order valence-electron chi connectivity index (χ2n) is 3.78. The number of fused-ring (bicyclic) bond motifs is 3. The number of benzene rings is 2. The minimum absolute atomic E-state index is 0.0686. The molecule has 0 saturated heterocycles. The first kappa shape index (κ1) is 11.7. The Balaban J connectivity index is 2.63. The van der Waals surface area contributed by atoms with Crippen LogP contribution in [-0.2, 0) is 0 Å². The molecule has 2 aromatic carbocycles. The fourth-order valence-corrected chi connectivity index (χ4v) is 3.65. The Morgan fingerprint density at radius 3 is 2.56 bits per heavy atom. The van der Waals surface area contributed by atoms with Gasteiger partial charge in [0.25, 0.3) is 0 Å². The highest BCUT2D eigenvalue weighted by atomic mass is 127. The van der Waals surface area contributed by atoms with Gasteiger partial charge in [-0.15, -0.1) is 11.3 Å². The zero-order chi connectivity index (χ0) is 12.9. The Kier molecular flexibility index (Phi) is 2.63. The largest absolute Gasteiger partial charge is 0.507 e. The van der Waals surface area contributed by atoms with Gasteiger partial charge in [0.05, 0.1) is 10.1 Å². The van der Waals surface area contributed by atoms with Gasteiger partial charge >= 0.3 is 0 Å². The molecule has 0 aliphatic rings. The molecule has 4 nitrogen and oxygen atoms in total. The Bertz CT molecular complexity index is 766. The van der Waals surface area contributed by atoms with Crippen LogP contribution in [0.3, 0.4) is 0 Å². The second-order valence-corrected chi connectivity index (χ2v) is 5.27. The molecule has 0 atom stereocenters. The van der Waals surface area contributed by atoms with Crippen molar-refractivity contribution >= 4 is 54.5 Å². The van der Waals surface area contributed by atoms with Crippen molar-refractivity contribution in [1.82, 2.24) is 0 Å². The van der Waals surface area contributed by atoms with Crippen molar-refractivity contribution in [3.63, 3.8) is 0 Å². The Morgan fingerprint density at radius 1 is 1.06 bits per heavy atom. The number of hydrogen-bond donors (Lipinski definition) is 3. The molecule has 1 heterocycles. The minimum Gasteiger partial charge on any atom is -0.507 e. The number of halogens is 1. The summed E-state index contributed by atoms with van der Waals surface area (Å²) in [5, 5.41) is 30.5. The highest BCUT2D eigenvalue weighted by molar-refractivity contribution is 14.1. The van der Waals surface area contributed by atoms with E-state index in [1.54, 1.807) is 35.1 Å². The predicted molar refractivity (Wildman–Crippen MR) is 79.0 cm³/mol. The Hall–Kier alpha value is -1.41. The summed E-state index contributed by atoms with van der Waals surface area (Å²) >= 11 is 3.10. The van der Waals surface area contributed by atoms with E-state index in [9.17, 15) is 15.3 Å². The number of phenolic OH excluding ortho intramolecular Hbond substituents is 3. The SMILES string of the molecule is Oc1cc(OI)c2sc3cccc(O)c3c2c1O. The van der Waals surface area contributed by atoms with E-state index in [-0.39, 0.29) is 17.2 Å². The lowest BCUT2D eigenvalue weighted by molar-refractivity contribution is 0.407. The highest BCUT2D eigenvalue weighted by Gasteiger charge is 2.19. The maximum atomic E-state index is 9.98. The van der Waals surface area contributed by atoms with Gasteiger partial charge in [0.1, 0.15) is 5.75 Å². The third kappa shape index (κ3) is 1.49. The van der Waals surface area contributed by atoms with Gasteiger partial charge in [0.15, 0.2) is 40.3 Å². The van der Waals surface area contributed by atoms with Gasteiger partial charge in [-0.05, 0) is 12.1 Å². The van der Waals surface area contributed by atoms with Gasteiger partial charge < -0.3 is 18.4 Å². The minimum atomic E-state index is -0.267. The molecular weight excluding hydrogens is 367 g/mol. The van der Waals surface area contributed by atoms with Crippen molar-refractivity contribution in [3.05, 3.63) is 24.3 Å². The van der Waals surface area contributed by atoms with Crippen LogP contribution in [0, 0.1) is 0 Å². The van der Waals surface area contributed by atoms with Crippen LogP contribution in [0.4, 0.5) is 0 Å². The molecule has 0 bridgehead atoms. The van der Waals surface area contributed by atoms with Crippen molar-refractivity contribution < 1.29 is 18.4 Å². The first-order valence-electron chi connectivity index (χ1n) is 5.01. The predicted octanol–water partition coefficient (Wildman–Crippen LogP) is 3.90. The average molecular weight is 374 g/mol. The zero-order valence-corrected chi connectivity index (χ0v) is 11.8. The van der Waals surface area contributed by atoms with Gasteiger partial charge in [-0.1, -0.05) is 6.07 Å². The van der Waals surface area contributed by atoms with Crippen LogP contribution in [0.25, 0.3) is 20.2 Å². The molecule has 6 heteroatoms. The number of aromatic hydroxyl groups is 3. The van der Waals surface area contributed by atoms with E-state index in [2.05, 4.69) is 0 Å². The van der Waals surface area contributed by atoms with Crippen LogP contribution in [0.2, 0.25) is 0 Å². The van der Waals surface area contributed by atoms with Crippen LogP contribution < -0.4 is 3.07 Å². The standard InChI is InChI=1S/C12H7IO4S/c13-17-7-4-6(15)11(16)10-9-5(14)2-1-3-8(9)18-12(7)10/h1-4,14-16H. The summed E-state index contributed by atoms with van der Waals surface area (Å²) in [6.45, 7) is 0. The van der Waals surface area contributed by atoms with E-state index in [1.807, 2.05) is 6.07 Å². The molecule has 0 radical (unpaired) electrons. The van der Waals surface area contributed by atoms with E-state index in [4.69, 9.17) is 3.07 Å². The molecule has 0 saturated carbocycles. The first-order valence-corrected chi connectivity index (χ1v) is 6.71. The van der Waals surface area contributed by atoms with E-state index >= 15 is 0 Å². The lowest BCUT2D eigenvalue weighted by atomic mass is 10.1. The lowest BCUT2D eigenvalue weighted by Crippen LogP contribution is -1.77. The molecule has 0 spiro atoms. The van der Waals surface area contributed by atoms with E-state index in [1.165, 1.54) is 17.4 Å². The molecule has 0 fully saturated rings. The van der Waals surface area contributed by atoms with Gasteiger partial charge in [-0.25, -0.2) is 0 Å². The quantitative estimate of drug-likeness (QED) is 0.446. The third-order valence-electron chi connectivity index (χ3n) is 2.75. The molecule has 0 amide bonds. The van der Waals surface area contributed by atoms with Gasteiger partial charge in [0.2, 0.25) is 0 Å². The molecule has 92 valence electrons. The summed E-state index contributed by atoms with van der Waals surface area (Å²) in [4.78, 5) is 0. The maximum Gasteiger partial charge on any atom is 0.192 e. The van der Waals surface area contributed by atoms with Crippen LogP contribution in [0.15, 0.2) is 24.3 Å². The number of phenols is 3.